The number of halogens is 1. The van der Waals surface area contributed by atoms with E-state index in [1.807, 2.05) is 31.2 Å². The number of hydrogen-bond acceptors (Lipinski definition) is 4. The largest absolute Gasteiger partial charge is 0.356 e. The lowest BCUT2D eigenvalue weighted by Gasteiger charge is -2.31. The van der Waals surface area contributed by atoms with E-state index in [1.54, 1.807) is 26.0 Å². The van der Waals surface area contributed by atoms with E-state index in [9.17, 15) is 13.2 Å². The van der Waals surface area contributed by atoms with E-state index in [2.05, 4.69) is 17.1 Å². The molecule has 36 heavy (non-hydrogen) atoms. The highest BCUT2D eigenvalue weighted by Gasteiger charge is 2.27. The van der Waals surface area contributed by atoms with E-state index < -0.39 is 10.0 Å². The standard InChI is InChI=1S/C28H40ClN3O3S/c1-5-31-17-14-23(15-18-31)13-16-30-28(33)12-11-24-9-7-8-10-26(24)32(6-2)36(34,35)27-20-21(3)25(29)19-22(27)4/h7-10,19-20,23H,5-6,11-18H2,1-4H3,(H,30,33). The number of anilines is 1. The third-order valence-electron chi connectivity index (χ3n) is 7.22. The van der Waals surface area contributed by atoms with Crippen LogP contribution in [0.2, 0.25) is 5.02 Å². The minimum atomic E-state index is -3.80. The van der Waals surface area contributed by atoms with Gasteiger partial charge in [0.2, 0.25) is 5.91 Å². The van der Waals surface area contributed by atoms with Gasteiger partial charge in [-0.1, -0.05) is 36.7 Å². The predicted molar refractivity (Wildman–Crippen MR) is 148 cm³/mol. The molecular weight excluding hydrogens is 494 g/mol. The molecule has 1 heterocycles. The van der Waals surface area contributed by atoms with Crippen molar-refractivity contribution in [1.82, 2.24) is 10.2 Å². The van der Waals surface area contributed by atoms with Gasteiger partial charge in [0.05, 0.1) is 10.6 Å². The molecule has 0 unspecified atom stereocenters. The van der Waals surface area contributed by atoms with Crippen molar-refractivity contribution < 1.29 is 13.2 Å². The van der Waals surface area contributed by atoms with Gasteiger partial charge < -0.3 is 10.2 Å². The molecule has 0 bridgehead atoms. The molecule has 0 spiro atoms. The van der Waals surface area contributed by atoms with Crippen molar-refractivity contribution in [2.45, 2.75) is 64.7 Å². The minimum Gasteiger partial charge on any atom is -0.356 e. The molecule has 2 aromatic rings. The fraction of sp³-hybridized carbons (Fsp3) is 0.536. The number of carbonyl (C=O) groups excluding carboxylic acids is 1. The smallest absolute Gasteiger partial charge is 0.264 e. The first-order chi connectivity index (χ1) is 17.2. The number of aryl methyl sites for hydroxylation is 3. The zero-order valence-corrected chi connectivity index (χ0v) is 23.6. The molecule has 1 aliphatic heterocycles. The SMILES string of the molecule is CCN1CCC(CCNC(=O)CCc2ccccc2N(CC)S(=O)(=O)c2cc(C)c(Cl)cc2C)CC1. The molecule has 1 aliphatic rings. The highest BCUT2D eigenvalue weighted by Crippen LogP contribution is 2.31. The Morgan fingerprint density at radius 1 is 1.11 bits per heavy atom. The van der Waals surface area contributed by atoms with E-state index in [1.165, 1.54) is 17.1 Å². The van der Waals surface area contributed by atoms with Gasteiger partial charge in [0.25, 0.3) is 10.0 Å². The van der Waals surface area contributed by atoms with Gasteiger partial charge in [0.15, 0.2) is 0 Å². The van der Waals surface area contributed by atoms with Crippen LogP contribution in [-0.4, -0.2) is 51.9 Å². The Bertz CT molecular complexity index is 1140. The number of hydrogen-bond donors (Lipinski definition) is 1. The summed E-state index contributed by atoms with van der Waals surface area (Å²) in [6, 6.07) is 10.8. The van der Waals surface area contributed by atoms with Crippen molar-refractivity contribution in [3.63, 3.8) is 0 Å². The van der Waals surface area contributed by atoms with Crippen LogP contribution in [0, 0.1) is 19.8 Å². The summed E-state index contributed by atoms with van der Waals surface area (Å²) < 4.78 is 28.8. The summed E-state index contributed by atoms with van der Waals surface area (Å²) >= 11 is 6.21. The monoisotopic (exact) mass is 533 g/mol. The van der Waals surface area contributed by atoms with E-state index >= 15 is 0 Å². The average Bonchev–Trinajstić information content (AvgIpc) is 2.86. The Morgan fingerprint density at radius 2 is 1.81 bits per heavy atom. The molecule has 8 heteroatoms. The molecule has 1 fully saturated rings. The predicted octanol–water partition coefficient (Wildman–Crippen LogP) is 5.34. The number of benzene rings is 2. The summed E-state index contributed by atoms with van der Waals surface area (Å²) in [5.41, 5.74) is 2.79. The molecule has 1 saturated heterocycles. The summed E-state index contributed by atoms with van der Waals surface area (Å²) in [7, 11) is -3.80. The first kappa shape index (κ1) is 28.5. The number of amides is 1. The highest BCUT2D eigenvalue weighted by atomic mass is 35.5. The molecule has 6 nitrogen and oxygen atoms in total. The van der Waals surface area contributed by atoms with Crippen LogP contribution in [0.15, 0.2) is 41.3 Å². The Hall–Kier alpha value is -2.09. The van der Waals surface area contributed by atoms with E-state index in [4.69, 9.17) is 11.6 Å². The summed E-state index contributed by atoms with van der Waals surface area (Å²) in [6.07, 6.45) is 4.21. The Kier molecular flexibility index (Phi) is 10.2. The summed E-state index contributed by atoms with van der Waals surface area (Å²) in [6.45, 7) is 12.0. The maximum atomic E-state index is 13.7. The van der Waals surface area contributed by atoms with Crippen molar-refractivity contribution in [3.8, 4) is 0 Å². The van der Waals surface area contributed by atoms with Crippen LogP contribution in [0.25, 0.3) is 0 Å². The van der Waals surface area contributed by atoms with Crippen LogP contribution in [0.4, 0.5) is 5.69 Å². The van der Waals surface area contributed by atoms with Crippen molar-refractivity contribution in [2.75, 3.05) is 37.0 Å². The Morgan fingerprint density at radius 3 is 2.47 bits per heavy atom. The van der Waals surface area contributed by atoms with Crippen molar-refractivity contribution in [2.24, 2.45) is 5.92 Å². The molecule has 0 atom stereocenters. The van der Waals surface area contributed by atoms with Crippen molar-refractivity contribution in [3.05, 3.63) is 58.1 Å². The summed E-state index contributed by atoms with van der Waals surface area (Å²) in [5, 5.41) is 3.61. The zero-order valence-electron chi connectivity index (χ0n) is 22.0. The quantitative estimate of drug-likeness (QED) is 0.423. The fourth-order valence-corrected chi connectivity index (χ4v) is 6.95. The molecule has 0 saturated carbocycles. The number of nitrogens with zero attached hydrogens (tertiary/aromatic N) is 2. The molecule has 0 aliphatic carbocycles. The third kappa shape index (κ3) is 7.02. The van der Waals surface area contributed by atoms with Gasteiger partial charge in [0, 0.05) is 24.5 Å². The first-order valence-corrected chi connectivity index (χ1v) is 14.9. The lowest BCUT2D eigenvalue weighted by molar-refractivity contribution is -0.121. The number of carbonyl (C=O) groups is 1. The number of piperidine rings is 1. The van der Waals surface area contributed by atoms with Crippen LogP contribution in [-0.2, 0) is 21.2 Å². The number of sulfonamides is 1. The molecule has 0 aromatic heterocycles. The van der Waals surface area contributed by atoms with E-state index in [-0.39, 0.29) is 17.3 Å². The van der Waals surface area contributed by atoms with Gasteiger partial charge in [-0.05, 0) is 107 Å². The Balaban J connectivity index is 1.64. The van der Waals surface area contributed by atoms with Crippen LogP contribution in [0.5, 0.6) is 0 Å². The fourth-order valence-electron chi connectivity index (χ4n) is 4.93. The molecule has 1 N–H and O–H groups in total. The molecular formula is C28H40ClN3O3S. The molecule has 2 aromatic carbocycles. The van der Waals surface area contributed by atoms with Gasteiger partial charge in [-0.3, -0.25) is 9.10 Å². The zero-order chi connectivity index (χ0) is 26.3. The molecule has 0 radical (unpaired) electrons. The molecule has 1 amide bonds. The van der Waals surface area contributed by atoms with E-state index in [0.29, 0.717) is 41.6 Å². The van der Waals surface area contributed by atoms with Gasteiger partial charge in [-0.2, -0.15) is 0 Å². The molecule has 198 valence electrons. The number of para-hydroxylation sites is 1. The second-order valence-electron chi connectivity index (χ2n) is 9.68. The second kappa shape index (κ2) is 12.9. The first-order valence-electron chi connectivity index (χ1n) is 13.0. The second-order valence-corrected chi connectivity index (χ2v) is 11.9. The van der Waals surface area contributed by atoms with Crippen molar-refractivity contribution >= 4 is 33.2 Å². The number of rotatable bonds is 11. The Labute approximate surface area is 222 Å². The lowest BCUT2D eigenvalue weighted by atomic mass is 9.93. The normalized spacial score (nSPS) is 15.1. The summed E-state index contributed by atoms with van der Waals surface area (Å²) in [5.74, 6) is 0.683. The van der Waals surface area contributed by atoms with Crippen LogP contribution >= 0.6 is 11.6 Å². The lowest BCUT2D eigenvalue weighted by Crippen LogP contribution is -2.35. The van der Waals surface area contributed by atoms with Crippen molar-refractivity contribution in [1.29, 1.82) is 0 Å². The number of likely N-dealkylation sites (tertiary alicyclic amines) is 1. The van der Waals surface area contributed by atoms with Crippen LogP contribution in [0.1, 0.15) is 56.2 Å². The average molecular weight is 534 g/mol. The maximum Gasteiger partial charge on any atom is 0.264 e. The van der Waals surface area contributed by atoms with Crippen LogP contribution in [0.3, 0.4) is 0 Å². The van der Waals surface area contributed by atoms with Crippen LogP contribution < -0.4 is 9.62 Å². The summed E-state index contributed by atoms with van der Waals surface area (Å²) in [4.78, 5) is 15.3. The topological polar surface area (TPSA) is 69.7 Å². The molecule has 3 rings (SSSR count). The van der Waals surface area contributed by atoms with Gasteiger partial charge in [-0.25, -0.2) is 8.42 Å². The third-order valence-corrected chi connectivity index (χ3v) is 9.66. The minimum absolute atomic E-state index is 0.00544. The number of nitrogens with one attached hydrogen (secondary N) is 1. The van der Waals surface area contributed by atoms with E-state index in [0.717, 1.165) is 37.2 Å². The highest BCUT2D eigenvalue weighted by molar-refractivity contribution is 7.92. The van der Waals surface area contributed by atoms with Gasteiger partial charge >= 0.3 is 0 Å². The van der Waals surface area contributed by atoms with Gasteiger partial charge in [0.1, 0.15) is 0 Å². The maximum absolute atomic E-state index is 13.7. The van der Waals surface area contributed by atoms with Gasteiger partial charge in [-0.15, -0.1) is 0 Å².